The van der Waals surface area contributed by atoms with Crippen LogP contribution in [0, 0.1) is 41.6 Å². The smallest absolute Gasteiger partial charge is 0.193 e. The quantitative estimate of drug-likeness (QED) is 0.162. The highest BCUT2D eigenvalue weighted by Gasteiger charge is 2.50. The standard InChI is InChI=1S/C72H62N4/c1-6-71(7-2)50-16-12-10-14-44(50)63-52(71)29-48-46-32-56-47(31-55(46)75-57-28-43(34-73)59-39-20-35-18-36(21-39)25-41(24-35)61(59)65(57)67(63)69(48)75)49-30-53-64(45-15-11-13-17-51(45)72(53,8-3)9-4)68-66-58(76(56)70(49)68)33-54(74-5)60-40-22-37-19-38(23-40)27-42(26-37)62(60)66/h10-17,28-33,35-42H,6-9,18-27H2,1-4H3. The van der Waals surface area contributed by atoms with E-state index in [1.165, 1.54) is 196 Å². The lowest BCUT2D eigenvalue weighted by molar-refractivity contribution is 0.166. The fourth-order valence-electron chi connectivity index (χ4n) is 21.5. The van der Waals surface area contributed by atoms with Gasteiger partial charge in [-0.25, -0.2) is 4.85 Å². The van der Waals surface area contributed by atoms with Gasteiger partial charge in [0.2, 0.25) is 0 Å². The molecule has 8 bridgehead atoms. The van der Waals surface area contributed by atoms with E-state index >= 15 is 0 Å². The number of benzene rings is 7. The third-order valence-corrected chi connectivity index (χ3v) is 24.0. The first kappa shape index (κ1) is 42.3. The van der Waals surface area contributed by atoms with Crippen molar-refractivity contribution in [3.8, 4) is 28.3 Å². The van der Waals surface area contributed by atoms with Crippen LogP contribution in [0.2, 0.25) is 0 Å². The first-order valence-corrected chi connectivity index (χ1v) is 29.9. The molecule has 4 unspecified atom stereocenters. The molecule has 10 aliphatic carbocycles. The summed E-state index contributed by atoms with van der Waals surface area (Å²) >= 11 is 0. The summed E-state index contributed by atoms with van der Waals surface area (Å²) in [4.78, 5) is 4.55. The number of hydrogen-bond donors (Lipinski definition) is 0. The van der Waals surface area contributed by atoms with Gasteiger partial charge in [0.1, 0.15) is 0 Å². The molecule has 11 aromatic rings. The summed E-state index contributed by atoms with van der Waals surface area (Å²) in [6, 6.07) is 37.2. The number of nitrogens with zero attached hydrogens (tertiary/aromatic N) is 4. The van der Waals surface area contributed by atoms with Gasteiger partial charge in [-0.2, -0.15) is 5.26 Å². The fraction of sp³-hybridized carbons (Fsp3) is 0.389. The number of hydrogen-bond acceptors (Lipinski definition) is 1. The Hall–Kier alpha value is -6.88. The number of aromatic nitrogens is 2. The minimum atomic E-state index is -0.0980. The van der Waals surface area contributed by atoms with Crippen LogP contribution in [0.15, 0.2) is 84.9 Å². The third kappa shape index (κ3) is 4.51. The second-order valence-corrected chi connectivity index (χ2v) is 26.5. The van der Waals surface area contributed by atoms with Gasteiger partial charge in [-0.1, -0.05) is 76.2 Å². The Bertz CT molecular complexity index is 4300. The molecule has 0 aliphatic heterocycles. The maximum absolute atomic E-state index is 11.4. The third-order valence-electron chi connectivity index (χ3n) is 24.0. The van der Waals surface area contributed by atoms with Crippen LogP contribution in [0.25, 0.3) is 103 Å². The van der Waals surface area contributed by atoms with Crippen LogP contribution in [-0.4, -0.2) is 8.80 Å². The maximum Gasteiger partial charge on any atom is 0.193 e. The molecular weight excluding hydrogens is 921 g/mol. The van der Waals surface area contributed by atoms with Crippen molar-refractivity contribution in [1.29, 1.82) is 5.26 Å². The summed E-state index contributed by atoms with van der Waals surface area (Å²) in [6.07, 6.45) is 17.0. The average Bonchev–Trinajstić information content (AvgIpc) is 4.29. The van der Waals surface area contributed by atoms with Gasteiger partial charge in [-0.05, 0) is 240 Å². The molecule has 0 spiro atoms. The molecule has 4 aromatic heterocycles. The van der Waals surface area contributed by atoms with Crippen LogP contribution in [0.5, 0.6) is 0 Å². The summed E-state index contributed by atoms with van der Waals surface area (Å²) in [5.74, 6) is 4.96. The van der Waals surface area contributed by atoms with Gasteiger partial charge in [0.05, 0.1) is 45.8 Å². The van der Waals surface area contributed by atoms with Crippen LogP contribution >= 0.6 is 0 Å². The van der Waals surface area contributed by atoms with Gasteiger partial charge < -0.3 is 8.80 Å². The number of nitriles is 1. The predicted molar refractivity (Wildman–Crippen MR) is 311 cm³/mol. The van der Waals surface area contributed by atoms with Crippen LogP contribution in [0.3, 0.4) is 0 Å². The predicted octanol–water partition coefficient (Wildman–Crippen LogP) is 19.4. The summed E-state index contributed by atoms with van der Waals surface area (Å²) in [7, 11) is 0. The molecule has 0 amide bonds. The van der Waals surface area contributed by atoms with Crippen molar-refractivity contribution < 1.29 is 0 Å². The molecule has 76 heavy (non-hydrogen) atoms. The van der Waals surface area contributed by atoms with Crippen LogP contribution in [0.4, 0.5) is 5.69 Å². The molecule has 4 heteroatoms. The topological polar surface area (TPSA) is 37.0 Å². The first-order valence-electron chi connectivity index (χ1n) is 29.9. The Morgan fingerprint density at radius 3 is 1.34 bits per heavy atom. The van der Waals surface area contributed by atoms with Gasteiger partial charge in [0, 0.05) is 59.4 Å². The monoisotopic (exact) mass is 982 g/mol. The molecular formula is C72H62N4. The minimum absolute atomic E-state index is 0.0966. The molecule has 4 nitrogen and oxygen atoms in total. The van der Waals surface area contributed by atoms with E-state index in [2.05, 4.69) is 132 Å². The zero-order chi connectivity index (χ0) is 50.2. The van der Waals surface area contributed by atoms with Crippen molar-refractivity contribution in [3.05, 3.63) is 146 Å². The van der Waals surface area contributed by atoms with Crippen molar-refractivity contribution in [1.82, 2.24) is 8.80 Å². The normalized spacial score (nSPS) is 26.6. The minimum Gasteiger partial charge on any atom is -0.309 e. The number of rotatable bonds is 4. The summed E-state index contributed by atoms with van der Waals surface area (Å²) in [6.45, 7) is 18.7. The molecule has 0 radical (unpaired) electrons. The van der Waals surface area contributed by atoms with Gasteiger partial charge >= 0.3 is 0 Å². The Kier molecular flexibility index (Phi) is 7.67. The Balaban J connectivity index is 1.03. The maximum atomic E-state index is 11.4. The van der Waals surface area contributed by atoms with Crippen LogP contribution < -0.4 is 0 Å². The zero-order valence-corrected chi connectivity index (χ0v) is 44.4. The molecule has 4 saturated carbocycles. The average molecular weight is 983 g/mol. The Labute approximate surface area is 444 Å². The van der Waals surface area contributed by atoms with E-state index in [1.807, 2.05) is 0 Å². The SMILES string of the molecule is [C-]#[N+]c1cc2c(c3c1C1CC4CC(C1)CC3C4)c1c3c(cc4c5cc6c(cc5n2c41)c1cc2c(c4c5c7c(c(C#N)cc5n6c14)C1CC4CC(C1)CC7C4)-c1ccccc1C2(CC)CC)C(CC)(CC)c1ccccc1-3. The van der Waals surface area contributed by atoms with Crippen LogP contribution in [0.1, 0.15) is 191 Å². The first-order chi connectivity index (χ1) is 37.3. The van der Waals surface area contributed by atoms with E-state index in [4.69, 9.17) is 6.57 Å². The van der Waals surface area contributed by atoms with E-state index in [-0.39, 0.29) is 10.8 Å². The van der Waals surface area contributed by atoms with Crippen molar-refractivity contribution in [2.75, 3.05) is 0 Å². The second-order valence-electron chi connectivity index (χ2n) is 26.5. The Morgan fingerprint density at radius 2 is 0.895 bits per heavy atom. The van der Waals surface area contributed by atoms with Crippen molar-refractivity contribution >= 4 is 81.9 Å². The molecule has 7 aromatic carbocycles. The highest BCUT2D eigenvalue weighted by molar-refractivity contribution is 6.34. The van der Waals surface area contributed by atoms with E-state index < -0.39 is 0 Å². The van der Waals surface area contributed by atoms with Crippen LogP contribution in [-0.2, 0) is 10.8 Å². The second kappa shape index (κ2) is 13.8. The summed E-state index contributed by atoms with van der Waals surface area (Å²) in [5, 5.41) is 22.6. The molecule has 4 heterocycles. The molecule has 0 N–H and O–H groups in total. The molecule has 4 atom stereocenters. The molecule has 370 valence electrons. The molecule has 21 rings (SSSR count). The summed E-state index contributed by atoms with van der Waals surface area (Å²) < 4.78 is 5.37. The molecule has 4 fully saturated rings. The van der Waals surface area contributed by atoms with E-state index in [0.717, 1.165) is 60.6 Å². The highest BCUT2D eigenvalue weighted by Crippen LogP contribution is 2.66. The van der Waals surface area contributed by atoms with Gasteiger partial charge in [-0.15, -0.1) is 0 Å². The lowest BCUT2D eigenvalue weighted by Gasteiger charge is -2.38. The van der Waals surface area contributed by atoms with Crippen molar-refractivity contribution in [3.63, 3.8) is 0 Å². The van der Waals surface area contributed by atoms with E-state index in [0.29, 0.717) is 23.7 Å². The largest absolute Gasteiger partial charge is 0.309 e. The van der Waals surface area contributed by atoms with Crippen molar-refractivity contribution in [2.45, 2.75) is 152 Å². The fourth-order valence-corrected chi connectivity index (χ4v) is 21.5. The van der Waals surface area contributed by atoms with E-state index in [1.54, 1.807) is 11.1 Å². The van der Waals surface area contributed by atoms with Gasteiger partial charge in [0.15, 0.2) is 5.69 Å². The molecule has 10 aliphatic rings. The Morgan fingerprint density at radius 1 is 0.474 bits per heavy atom. The molecule has 0 saturated heterocycles. The lowest BCUT2D eigenvalue weighted by Crippen LogP contribution is -2.25. The highest BCUT2D eigenvalue weighted by atomic mass is 14.9. The van der Waals surface area contributed by atoms with E-state index in [9.17, 15) is 5.26 Å². The van der Waals surface area contributed by atoms with Gasteiger partial charge in [-0.3, -0.25) is 0 Å². The zero-order valence-electron chi connectivity index (χ0n) is 44.4. The van der Waals surface area contributed by atoms with Crippen molar-refractivity contribution in [2.24, 2.45) is 23.7 Å². The number of fused-ring (bicyclic) bond motifs is 20. The van der Waals surface area contributed by atoms with Gasteiger partial charge in [0.25, 0.3) is 0 Å². The lowest BCUT2D eigenvalue weighted by atomic mass is 9.67. The summed E-state index contributed by atoms with van der Waals surface area (Å²) in [5.41, 5.74) is 27.1.